The highest BCUT2D eigenvalue weighted by Gasteiger charge is 2.15. The van der Waals surface area contributed by atoms with E-state index in [0.29, 0.717) is 17.0 Å². The van der Waals surface area contributed by atoms with Gasteiger partial charge in [0.05, 0.1) is 16.7 Å². The molecule has 1 amide bonds. The van der Waals surface area contributed by atoms with Gasteiger partial charge in [-0.25, -0.2) is 0 Å². The van der Waals surface area contributed by atoms with Crippen LogP contribution in [0.15, 0.2) is 47.0 Å². The number of aromatic nitrogens is 1. The van der Waals surface area contributed by atoms with Crippen molar-refractivity contribution in [1.82, 2.24) is 5.16 Å². The van der Waals surface area contributed by atoms with Crippen molar-refractivity contribution in [3.05, 3.63) is 64.2 Å². The molecule has 1 N–H and O–H groups in total. The molecule has 140 valence electrons. The summed E-state index contributed by atoms with van der Waals surface area (Å²) >= 11 is 6.03. The molecule has 0 radical (unpaired) electrons. The zero-order valence-corrected chi connectivity index (χ0v) is 15.6. The van der Waals surface area contributed by atoms with Gasteiger partial charge in [-0.15, -0.1) is 0 Å². The van der Waals surface area contributed by atoms with Gasteiger partial charge in [0.2, 0.25) is 5.88 Å². The Morgan fingerprint density at radius 1 is 1.21 bits per heavy atom. The van der Waals surface area contributed by atoms with Crippen molar-refractivity contribution in [2.24, 2.45) is 0 Å². The van der Waals surface area contributed by atoms with Crippen molar-refractivity contribution in [3.8, 4) is 23.1 Å². The third kappa shape index (κ3) is 3.85. The predicted octanol–water partition coefficient (Wildman–Crippen LogP) is 4.37. The second-order valence-corrected chi connectivity index (χ2v) is 6.91. The number of hydrogen-bond acceptors (Lipinski definition) is 5. The van der Waals surface area contributed by atoms with E-state index in [1.54, 1.807) is 18.2 Å². The summed E-state index contributed by atoms with van der Waals surface area (Å²) < 4.78 is 10.6. The van der Waals surface area contributed by atoms with Crippen molar-refractivity contribution < 1.29 is 14.1 Å². The van der Waals surface area contributed by atoms with E-state index in [4.69, 9.17) is 26.1 Å². The van der Waals surface area contributed by atoms with E-state index in [1.807, 2.05) is 12.1 Å². The van der Waals surface area contributed by atoms with Gasteiger partial charge in [-0.1, -0.05) is 28.9 Å². The molecule has 0 atom stereocenters. The first-order valence-electron chi connectivity index (χ1n) is 8.83. The molecule has 0 unspecified atom stereocenters. The number of rotatable bonds is 5. The average Bonchev–Trinajstić information content (AvgIpc) is 3.35. The lowest BCUT2D eigenvalue weighted by Crippen LogP contribution is -2.19. The Morgan fingerprint density at radius 3 is 2.89 bits per heavy atom. The van der Waals surface area contributed by atoms with Crippen molar-refractivity contribution in [3.63, 3.8) is 0 Å². The Morgan fingerprint density at radius 2 is 2.07 bits per heavy atom. The van der Waals surface area contributed by atoms with E-state index in [2.05, 4.69) is 22.6 Å². The molecule has 0 saturated carbocycles. The predicted molar refractivity (Wildman–Crippen MR) is 104 cm³/mol. The minimum absolute atomic E-state index is 0.245. The lowest BCUT2D eigenvalue weighted by atomic mass is 10.0. The van der Waals surface area contributed by atoms with Gasteiger partial charge < -0.3 is 9.26 Å². The molecule has 1 aromatic heterocycles. The number of nitriles is 1. The SMILES string of the molecule is N#Cc1ccc(OCC(=O)Nc2cc(-c3ccc4c(c3)CCC4)no2)c(Cl)c1. The van der Waals surface area contributed by atoms with E-state index in [-0.39, 0.29) is 17.5 Å². The molecule has 1 heterocycles. The standard InChI is InChI=1S/C21H16ClN3O3/c22-17-8-13(11-23)4-7-19(17)27-12-20(26)24-21-10-18(25-28-21)16-6-5-14-2-1-3-15(14)9-16/h4-10H,1-3,12H2,(H,24,26). The second-order valence-electron chi connectivity index (χ2n) is 6.51. The van der Waals surface area contributed by atoms with Crippen LogP contribution in [0.1, 0.15) is 23.1 Å². The molecule has 7 heteroatoms. The first-order valence-corrected chi connectivity index (χ1v) is 9.21. The first-order chi connectivity index (χ1) is 13.6. The van der Waals surface area contributed by atoms with Gasteiger partial charge in [-0.2, -0.15) is 5.26 Å². The van der Waals surface area contributed by atoms with Crippen LogP contribution in [0.4, 0.5) is 5.88 Å². The maximum atomic E-state index is 12.1. The van der Waals surface area contributed by atoms with Gasteiger partial charge in [-0.3, -0.25) is 10.1 Å². The maximum absolute atomic E-state index is 12.1. The second kappa shape index (κ2) is 7.75. The summed E-state index contributed by atoms with van der Waals surface area (Å²) in [7, 11) is 0. The van der Waals surface area contributed by atoms with Crippen LogP contribution >= 0.6 is 11.6 Å². The van der Waals surface area contributed by atoms with Crippen molar-refractivity contribution >= 4 is 23.4 Å². The zero-order chi connectivity index (χ0) is 19.5. The number of aryl methyl sites for hydroxylation is 2. The van der Waals surface area contributed by atoms with Crippen LogP contribution in [0.2, 0.25) is 5.02 Å². The van der Waals surface area contributed by atoms with Crippen molar-refractivity contribution in [2.75, 3.05) is 11.9 Å². The molecule has 0 aliphatic heterocycles. The van der Waals surface area contributed by atoms with Crippen molar-refractivity contribution in [1.29, 1.82) is 5.26 Å². The van der Waals surface area contributed by atoms with Crippen LogP contribution in [0.25, 0.3) is 11.3 Å². The minimum atomic E-state index is -0.405. The van der Waals surface area contributed by atoms with Gasteiger partial charge in [0.1, 0.15) is 11.4 Å². The molecule has 6 nitrogen and oxygen atoms in total. The van der Waals surface area contributed by atoms with E-state index in [9.17, 15) is 4.79 Å². The van der Waals surface area contributed by atoms with Gasteiger partial charge in [-0.05, 0) is 54.7 Å². The summed E-state index contributed by atoms with van der Waals surface area (Å²) in [6.45, 7) is -0.250. The van der Waals surface area contributed by atoms with E-state index >= 15 is 0 Å². The summed E-state index contributed by atoms with van der Waals surface area (Å²) in [5.41, 5.74) is 4.78. The van der Waals surface area contributed by atoms with Crippen LogP contribution in [0.5, 0.6) is 5.75 Å². The average molecular weight is 394 g/mol. The van der Waals surface area contributed by atoms with Crippen LogP contribution in [0.3, 0.4) is 0 Å². The number of amides is 1. The van der Waals surface area contributed by atoms with Gasteiger partial charge in [0, 0.05) is 11.6 Å². The first kappa shape index (κ1) is 18.1. The molecule has 2 aromatic carbocycles. The Balaban J connectivity index is 1.37. The molecule has 0 bridgehead atoms. The molecule has 0 spiro atoms. The van der Waals surface area contributed by atoms with E-state index in [0.717, 1.165) is 18.4 Å². The van der Waals surface area contributed by atoms with E-state index < -0.39 is 5.91 Å². The Hall–Kier alpha value is -3.30. The zero-order valence-electron chi connectivity index (χ0n) is 14.9. The highest BCUT2D eigenvalue weighted by Crippen LogP contribution is 2.29. The fourth-order valence-corrected chi connectivity index (χ4v) is 3.44. The van der Waals surface area contributed by atoms with Crippen LogP contribution < -0.4 is 10.1 Å². The topological polar surface area (TPSA) is 88.1 Å². The van der Waals surface area contributed by atoms with Gasteiger partial charge in [0.25, 0.3) is 5.91 Å². The lowest BCUT2D eigenvalue weighted by molar-refractivity contribution is -0.118. The number of hydrogen-bond donors (Lipinski definition) is 1. The van der Waals surface area contributed by atoms with Crippen LogP contribution in [-0.2, 0) is 17.6 Å². The number of ether oxygens (including phenoxy) is 1. The number of carbonyl (C=O) groups is 1. The third-order valence-electron chi connectivity index (χ3n) is 4.59. The summed E-state index contributed by atoms with van der Waals surface area (Å²) in [5.74, 6) is 0.166. The molecule has 28 heavy (non-hydrogen) atoms. The van der Waals surface area contributed by atoms with Crippen molar-refractivity contribution in [2.45, 2.75) is 19.3 Å². The number of carbonyl (C=O) groups excluding carboxylic acids is 1. The number of halogens is 1. The highest BCUT2D eigenvalue weighted by atomic mass is 35.5. The summed E-state index contributed by atoms with van der Waals surface area (Å²) in [6.07, 6.45) is 3.39. The normalized spacial score (nSPS) is 12.3. The number of anilines is 1. The summed E-state index contributed by atoms with van der Waals surface area (Å²) in [4.78, 5) is 12.1. The number of benzene rings is 2. The maximum Gasteiger partial charge on any atom is 0.264 e. The lowest BCUT2D eigenvalue weighted by Gasteiger charge is -2.07. The monoisotopic (exact) mass is 393 g/mol. The molecule has 0 saturated heterocycles. The Bertz CT molecular complexity index is 1080. The molecular weight excluding hydrogens is 378 g/mol. The molecule has 4 rings (SSSR count). The molecule has 3 aromatic rings. The Labute approximate surface area is 166 Å². The smallest absolute Gasteiger partial charge is 0.264 e. The minimum Gasteiger partial charge on any atom is -0.482 e. The number of nitrogens with zero attached hydrogens (tertiary/aromatic N) is 2. The Kier molecular flexibility index (Phi) is 5.00. The van der Waals surface area contributed by atoms with Crippen LogP contribution in [-0.4, -0.2) is 17.7 Å². The molecule has 0 fully saturated rings. The van der Waals surface area contributed by atoms with Gasteiger partial charge >= 0.3 is 0 Å². The summed E-state index contributed by atoms with van der Waals surface area (Å²) in [5, 5.41) is 15.7. The number of fused-ring (bicyclic) bond motifs is 1. The fourth-order valence-electron chi connectivity index (χ4n) is 3.21. The molecule has 1 aliphatic carbocycles. The largest absolute Gasteiger partial charge is 0.482 e. The van der Waals surface area contributed by atoms with E-state index in [1.165, 1.54) is 23.6 Å². The third-order valence-corrected chi connectivity index (χ3v) is 4.88. The van der Waals surface area contributed by atoms with Crippen LogP contribution in [0, 0.1) is 11.3 Å². The van der Waals surface area contributed by atoms with Gasteiger partial charge in [0.15, 0.2) is 6.61 Å². The number of nitrogens with one attached hydrogen (secondary N) is 1. The molecule has 1 aliphatic rings. The highest BCUT2D eigenvalue weighted by molar-refractivity contribution is 6.32. The quantitative estimate of drug-likeness (QED) is 0.695. The fraction of sp³-hybridized carbons (Fsp3) is 0.190. The molecular formula is C21H16ClN3O3. The summed E-state index contributed by atoms with van der Waals surface area (Å²) in [6, 6.07) is 14.5.